The summed E-state index contributed by atoms with van der Waals surface area (Å²) in [5, 5.41) is 0. The van der Waals surface area contributed by atoms with Crippen LogP contribution in [0.5, 0.6) is 0 Å². The number of amides is 1. The maximum Gasteiger partial charge on any atom is 0.222 e. The number of aryl methyl sites for hydroxylation is 1. The van der Waals surface area contributed by atoms with Crippen LogP contribution in [0.4, 0.5) is 5.69 Å². The zero-order chi connectivity index (χ0) is 12.0. The summed E-state index contributed by atoms with van der Waals surface area (Å²) in [6.45, 7) is 5.59. The zero-order valence-electron chi connectivity index (χ0n) is 10.1. The van der Waals surface area contributed by atoms with Crippen molar-refractivity contribution in [1.82, 2.24) is 4.90 Å². The number of carbonyl (C=O) groups excluding carboxylic acids is 1. The molecule has 1 amide bonds. The Morgan fingerprint density at radius 1 is 1.19 bits per heavy atom. The molecule has 2 N–H and O–H groups in total. The predicted molar refractivity (Wildman–Crippen MR) is 67.1 cm³/mol. The summed E-state index contributed by atoms with van der Waals surface area (Å²) in [6, 6.07) is 7.70. The van der Waals surface area contributed by atoms with E-state index in [1.54, 1.807) is 0 Å². The van der Waals surface area contributed by atoms with Crippen LogP contribution in [-0.2, 0) is 11.2 Å². The van der Waals surface area contributed by atoms with Gasteiger partial charge in [-0.25, -0.2) is 0 Å². The van der Waals surface area contributed by atoms with Gasteiger partial charge in [0.1, 0.15) is 0 Å². The fourth-order valence-corrected chi connectivity index (χ4v) is 1.67. The maximum absolute atomic E-state index is 11.7. The molecule has 0 saturated carbocycles. The van der Waals surface area contributed by atoms with E-state index < -0.39 is 0 Å². The lowest BCUT2D eigenvalue weighted by Gasteiger charge is -2.18. The third-order valence-corrected chi connectivity index (χ3v) is 2.72. The highest BCUT2D eigenvalue weighted by molar-refractivity contribution is 5.76. The Kier molecular flexibility index (Phi) is 4.83. The van der Waals surface area contributed by atoms with Crippen molar-refractivity contribution in [1.29, 1.82) is 0 Å². The SMILES string of the molecule is CCN(CC)C(=O)CCc1ccc(N)cc1. The standard InChI is InChI=1S/C13H20N2O/c1-3-15(4-2)13(16)10-7-11-5-8-12(14)9-6-11/h5-6,8-9H,3-4,7,10,14H2,1-2H3. The van der Waals surface area contributed by atoms with Crippen LogP contribution in [0, 0.1) is 0 Å². The van der Waals surface area contributed by atoms with Crippen LogP contribution in [0.15, 0.2) is 24.3 Å². The van der Waals surface area contributed by atoms with E-state index in [4.69, 9.17) is 5.73 Å². The van der Waals surface area contributed by atoms with Gasteiger partial charge in [0.2, 0.25) is 5.91 Å². The maximum atomic E-state index is 11.7. The van der Waals surface area contributed by atoms with Gasteiger partial charge >= 0.3 is 0 Å². The molecule has 0 unspecified atom stereocenters. The molecule has 0 aliphatic rings. The number of benzene rings is 1. The van der Waals surface area contributed by atoms with Crippen molar-refractivity contribution < 1.29 is 4.79 Å². The number of nitrogens with zero attached hydrogens (tertiary/aromatic N) is 1. The summed E-state index contributed by atoms with van der Waals surface area (Å²) >= 11 is 0. The summed E-state index contributed by atoms with van der Waals surface area (Å²) in [4.78, 5) is 13.6. The second-order valence-corrected chi connectivity index (χ2v) is 3.81. The van der Waals surface area contributed by atoms with Crippen molar-refractivity contribution in [3.05, 3.63) is 29.8 Å². The third kappa shape index (κ3) is 3.57. The van der Waals surface area contributed by atoms with Crippen LogP contribution in [-0.4, -0.2) is 23.9 Å². The van der Waals surface area contributed by atoms with Gasteiger partial charge in [-0.05, 0) is 38.0 Å². The lowest BCUT2D eigenvalue weighted by Crippen LogP contribution is -2.30. The van der Waals surface area contributed by atoms with Gasteiger partial charge in [0.05, 0.1) is 0 Å². The van der Waals surface area contributed by atoms with Gasteiger partial charge in [0, 0.05) is 25.2 Å². The lowest BCUT2D eigenvalue weighted by molar-refractivity contribution is -0.130. The molecule has 0 saturated heterocycles. The lowest BCUT2D eigenvalue weighted by atomic mass is 10.1. The molecule has 0 heterocycles. The van der Waals surface area contributed by atoms with Crippen LogP contribution in [0.25, 0.3) is 0 Å². The number of anilines is 1. The van der Waals surface area contributed by atoms with E-state index in [1.165, 1.54) is 0 Å². The smallest absolute Gasteiger partial charge is 0.222 e. The number of hydrogen-bond donors (Lipinski definition) is 1. The molecule has 1 aromatic rings. The molecule has 3 heteroatoms. The Hall–Kier alpha value is -1.51. The van der Waals surface area contributed by atoms with Crippen molar-refractivity contribution >= 4 is 11.6 Å². The summed E-state index contributed by atoms with van der Waals surface area (Å²) < 4.78 is 0. The minimum absolute atomic E-state index is 0.224. The average molecular weight is 220 g/mol. The summed E-state index contributed by atoms with van der Waals surface area (Å²) in [5.41, 5.74) is 7.52. The largest absolute Gasteiger partial charge is 0.399 e. The molecule has 0 fully saturated rings. The fourth-order valence-electron chi connectivity index (χ4n) is 1.67. The molecule has 16 heavy (non-hydrogen) atoms. The Morgan fingerprint density at radius 2 is 1.75 bits per heavy atom. The molecule has 0 spiro atoms. The van der Waals surface area contributed by atoms with Gasteiger partial charge in [0.15, 0.2) is 0 Å². The Balaban J connectivity index is 2.45. The molecule has 0 bridgehead atoms. The van der Waals surface area contributed by atoms with Gasteiger partial charge in [-0.3, -0.25) is 4.79 Å². The Bertz CT molecular complexity index is 328. The first-order valence-corrected chi connectivity index (χ1v) is 5.79. The molecular weight excluding hydrogens is 200 g/mol. The highest BCUT2D eigenvalue weighted by atomic mass is 16.2. The second-order valence-electron chi connectivity index (χ2n) is 3.81. The van der Waals surface area contributed by atoms with Crippen molar-refractivity contribution in [3.8, 4) is 0 Å². The van der Waals surface area contributed by atoms with E-state index in [1.807, 2.05) is 43.0 Å². The molecule has 0 radical (unpaired) electrons. The van der Waals surface area contributed by atoms with Crippen molar-refractivity contribution in [3.63, 3.8) is 0 Å². The molecule has 0 atom stereocenters. The highest BCUT2D eigenvalue weighted by Crippen LogP contribution is 2.08. The second kappa shape index (κ2) is 6.16. The summed E-state index contributed by atoms with van der Waals surface area (Å²) in [6.07, 6.45) is 1.36. The monoisotopic (exact) mass is 220 g/mol. The number of nitrogens with two attached hydrogens (primary N) is 1. The van der Waals surface area contributed by atoms with Crippen molar-refractivity contribution in [2.75, 3.05) is 18.8 Å². The zero-order valence-corrected chi connectivity index (χ0v) is 10.1. The van der Waals surface area contributed by atoms with Crippen LogP contribution in [0.2, 0.25) is 0 Å². The first-order valence-electron chi connectivity index (χ1n) is 5.79. The van der Waals surface area contributed by atoms with Crippen molar-refractivity contribution in [2.24, 2.45) is 0 Å². The number of carbonyl (C=O) groups is 1. The minimum Gasteiger partial charge on any atom is -0.399 e. The fraction of sp³-hybridized carbons (Fsp3) is 0.462. The minimum atomic E-state index is 0.224. The van der Waals surface area contributed by atoms with Crippen molar-refractivity contribution in [2.45, 2.75) is 26.7 Å². The van der Waals surface area contributed by atoms with E-state index in [0.29, 0.717) is 6.42 Å². The summed E-state index contributed by atoms with van der Waals surface area (Å²) in [7, 11) is 0. The number of rotatable bonds is 5. The summed E-state index contributed by atoms with van der Waals surface area (Å²) in [5.74, 6) is 0.224. The molecule has 0 aliphatic heterocycles. The molecule has 3 nitrogen and oxygen atoms in total. The van der Waals surface area contributed by atoms with Crippen LogP contribution in [0.3, 0.4) is 0 Å². The average Bonchev–Trinajstić information content (AvgIpc) is 2.30. The normalized spacial score (nSPS) is 10.1. The van der Waals surface area contributed by atoms with E-state index in [9.17, 15) is 4.79 Å². The molecule has 1 aromatic carbocycles. The van der Waals surface area contributed by atoms with Gasteiger partial charge in [-0.15, -0.1) is 0 Å². The van der Waals surface area contributed by atoms with Crippen LogP contribution < -0.4 is 5.73 Å². The van der Waals surface area contributed by atoms with Gasteiger partial charge in [0.25, 0.3) is 0 Å². The topological polar surface area (TPSA) is 46.3 Å². The molecule has 1 rings (SSSR count). The molecule has 0 aliphatic carbocycles. The third-order valence-electron chi connectivity index (χ3n) is 2.72. The first-order chi connectivity index (χ1) is 7.67. The van der Waals surface area contributed by atoms with E-state index in [2.05, 4.69) is 0 Å². The number of hydrogen-bond acceptors (Lipinski definition) is 2. The Labute approximate surface area is 97.2 Å². The van der Waals surface area contributed by atoms with Gasteiger partial charge in [-0.1, -0.05) is 12.1 Å². The molecule has 88 valence electrons. The van der Waals surface area contributed by atoms with Crippen LogP contribution >= 0.6 is 0 Å². The van der Waals surface area contributed by atoms with Gasteiger partial charge in [-0.2, -0.15) is 0 Å². The van der Waals surface area contributed by atoms with E-state index >= 15 is 0 Å². The quantitative estimate of drug-likeness (QED) is 0.772. The molecule has 0 aromatic heterocycles. The van der Waals surface area contributed by atoms with Gasteiger partial charge < -0.3 is 10.6 Å². The van der Waals surface area contributed by atoms with Crippen LogP contribution in [0.1, 0.15) is 25.8 Å². The highest BCUT2D eigenvalue weighted by Gasteiger charge is 2.08. The predicted octanol–water partition coefficient (Wildman–Crippen LogP) is 2.07. The van der Waals surface area contributed by atoms with E-state index in [-0.39, 0.29) is 5.91 Å². The van der Waals surface area contributed by atoms with E-state index in [0.717, 1.165) is 30.8 Å². The molecular formula is C13H20N2O. The number of nitrogen functional groups attached to an aromatic ring is 1. The first kappa shape index (κ1) is 12.6. The Morgan fingerprint density at radius 3 is 2.25 bits per heavy atom.